The lowest BCUT2D eigenvalue weighted by molar-refractivity contribution is -0.155. The Morgan fingerprint density at radius 2 is 1.83 bits per heavy atom. The molecule has 1 aliphatic carbocycles. The summed E-state index contributed by atoms with van der Waals surface area (Å²) < 4.78 is 5.41. The van der Waals surface area contributed by atoms with E-state index in [0.717, 1.165) is 17.4 Å². The first-order chi connectivity index (χ1) is 14.0. The molecule has 0 fully saturated rings. The molecular formula is C24H22ClNO3. The first-order valence-electron chi connectivity index (χ1n) is 9.55. The van der Waals surface area contributed by atoms with E-state index in [-0.39, 0.29) is 12.5 Å². The Balaban J connectivity index is 2.33. The average molecular weight is 408 g/mol. The fourth-order valence-corrected chi connectivity index (χ4v) is 4.60. The number of nitrogens with zero attached hydrogens (tertiary/aromatic N) is 1. The molecule has 0 aliphatic heterocycles. The summed E-state index contributed by atoms with van der Waals surface area (Å²) in [5.41, 5.74) is 0.365. The second kappa shape index (κ2) is 8.63. The highest BCUT2D eigenvalue weighted by atomic mass is 35.5. The monoisotopic (exact) mass is 407 g/mol. The minimum absolute atomic E-state index is 0.144. The van der Waals surface area contributed by atoms with Crippen LogP contribution in [0.1, 0.15) is 36.8 Å². The Morgan fingerprint density at radius 1 is 1.17 bits per heavy atom. The SMILES string of the molecule is CCOC(=O)[C@]1(C#N)[C@H](c2ccc(Cl)cc2)[C@@H](C)C=C(C=O)[C@H]1c1ccccc1. The van der Waals surface area contributed by atoms with Gasteiger partial charge in [-0.05, 0) is 41.7 Å². The van der Waals surface area contributed by atoms with Gasteiger partial charge < -0.3 is 4.74 Å². The van der Waals surface area contributed by atoms with Crippen LogP contribution < -0.4 is 0 Å². The van der Waals surface area contributed by atoms with Gasteiger partial charge in [-0.15, -0.1) is 0 Å². The summed E-state index contributed by atoms with van der Waals surface area (Å²) in [6.07, 6.45) is 2.61. The van der Waals surface area contributed by atoms with E-state index >= 15 is 0 Å². The van der Waals surface area contributed by atoms with Crippen molar-refractivity contribution in [1.82, 2.24) is 0 Å². The maximum atomic E-state index is 13.4. The van der Waals surface area contributed by atoms with Crippen molar-refractivity contribution < 1.29 is 14.3 Å². The molecule has 1 aliphatic rings. The normalized spacial score (nSPS) is 26.1. The van der Waals surface area contributed by atoms with E-state index in [1.165, 1.54) is 0 Å². The molecule has 0 unspecified atom stereocenters. The van der Waals surface area contributed by atoms with E-state index < -0.39 is 23.2 Å². The highest BCUT2D eigenvalue weighted by Crippen LogP contribution is 2.57. The molecule has 29 heavy (non-hydrogen) atoms. The molecule has 0 N–H and O–H groups in total. The molecule has 3 rings (SSSR count). The number of carbonyl (C=O) groups is 2. The van der Waals surface area contributed by atoms with E-state index in [2.05, 4.69) is 6.07 Å². The molecule has 0 spiro atoms. The summed E-state index contributed by atoms with van der Waals surface area (Å²) >= 11 is 6.06. The van der Waals surface area contributed by atoms with Gasteiger partial charge in [-0.3, -0.25) is 9.59 Å². The second-order valence-corrected chi connectivity index (χ2v) is 7.65. The number of allylic oxidation sites excluding steroid dienone is 2. The Labute approximate surface area is 175 Å². The summed E-state index contributed by atoms with van der Waals surface area (Å²) in [6.45, 7) is 3.77. The number of hydrogen-bond acceptors (Lipinski definition) is 4. The summed E-state index contributed by atoms with van der Waals surface area (Å²) in [4.78, 5) is 25.4. The van der Waals surface area contributed by atoms with Crippen LogP contribution in [-0.4, -0.2) is 18.9 Å². The summed E-state index contributed by atoms with van der Waals surface area (Å²) in [7, 11) is 0. The number of nitriles is 1. The highest BCUT2D eigenvalue weighted by molar-refractivity contribution is 6.30. The van der Waals surface area contributed by atoms with Crippen LogP contribution in [0.25, 0.3) is 0 Å². The molecular weight excluding hydrogens is 386 g/mol. The first kappa shape index (κ1) is 20.8. The largest absolute Gasteiger partial charge is 0.465 e. The van der Waals surface area contributed by atoms with Gasteiger partial charge in [0, 0.05) is 16.9 Å². The van der Waals surface area contributed by atoms with Crippen molar-refractivity contribution in [3.63, 3.8) is 0 Å². The van der Waals surface area contributed by atoms with Crippen LogP contribution >= 0.6 is 11.6 Å². The van der Waals surface area contributed by atoms with Crippen LogP contribution in [0.4, 0.5) is 0 Å². The first-order valence-corrected chi connectivity index (χ1v) is 9.93. The molecule has 0 saturated heterocycles. The fourth-order valence-electron chi connectivity index (χ4n) is 4.47. The zero-order valence-electron chi connectivity index (χ0n) is 16.3. The molecule has 0 heterocycles. The maximum Gasteiger partial charge on any atom is 0.328 e. The molecule has 0 bridgehead atoms. The minimum atomic E-state index is -1.59. The van der Waals surface area contributed by atoms with E-state index in [0.29, 0.717) is 10.6 Å². The van der Waals surface area contributed by atoms with Crippen molar-refractivity contribution >= 4 is 23.9 Å². The van der Waals surface area contributed by atoms with Crippen LogP contribution in [0.2, 0.25) is 5.02 Å². The molecule has 2 aromatic rings. The summed E-state index contributed by atoms with van der Waals surface area (Å²) in [5.74, 6) is -2.09. The fraction of sp³-hybridized carbons (Fsp3) is 0.292. The molecule has 4 nitrogen and oxygen atoms in total. The lowest BCUT2D eigenvalue weighted by atomic mass is 9.54. The predicted octanol–water partition coefficient (Wildman–Crippen LogP) is 5.06. The minimum Gasteiger partial charge on any atom is -0.465 e. The van der Waals surface area contributed by atoms with Crippen molar-refractivity contribution in [1.29, 1.82) is 5.26 Å². The smallest absolute Gasteiger partial charge is 0.328 e. The Kier molecular flexibility index (Phi) is 6.20. The Bertz CT molecular complexity index is 962. The van der Waals surface area contributed by atoms with Crippen LogP contribution in [0.3, 0.4) is 0 Å². The second-order valence-electron chi connectivity index (χ2n) is 7.22. The number of aldehydes is 1. The zero-order chi connectivity index (χ0) is 21.0. The lowest BCUT2D eigenvalue weighted by Crippen LogP contribution is -2.48. The average Bonchev–Trinajstić information content (AvgIpc) is 2.74. The van der Waals surface area contributed by atoms with Crippen LogP contribution in [0.5, 0.6) is 0 Å². The maximum absolute atomic E-state index is 13.4. The Hall–Kier alpha value is -2.90. The molecule has 0 amide bonds. The predicted molar refractivity (Wildman–Crippen MR) is 111 cm³/mol. The topological polar surface area (TPSA) is 67.2 Å². The van der Waals surface area contributed by atoms with Gasteiger partial charge in [-0.2, -0.15) is 5.26 Å². The van der Waals surface area contributed by atoms with Crippen LogP contribution in [0.15, 0.2) is 66.2 Å². The van der Waals surface area contributed by atoms with Gasteiger partial charge in [0.05, 0.1) is 12.7 Å². The number of rotatable bonds is 5. The van der Waals surface area contributed by atoms with Gasteiger partial charge in [0.25, 0.3) is 0 Å². The molecule has 2 aromatic carbocycles. The Morgan fingerprint density at radius 3 is 2.38 bits per heavy atom. The number of carbonyl (C=O) groups excluding carboxylic acids is 2. The van der Waals surface area contributed by atoms with Gasteiger partial charge in [0.15, 0.2) is 5.41 Å². The van der Waals surface area contributed by atoms with Gasteiger partial charge in [0.2, 0.25) is 0 Å². The van der Waals surface area contributed by atoms with Gasteiger partial charge in [0.1, 0.15) is 6.29 Å². The third kappa shape index (κ3) is 3.59. The number of hydrogen-bond donors (Lipinski definition) is 0. The van der Waals surface area contributed by atoms with Crippen molar-refractivity contribution in [2.75, 3.05) is 6.61 Å². The molecule has 0 radical (unpaired) electrons. The third-order valence-electron chi connectivity index (χ3n) is 5.56. The number of benzene rings is 2. The lowest BCUT2D eigenvalue weighted by Gasteiger charge is -2.45. The molecule has 5 heteroatoms. The van der Waals surface area contributed by atoms with E-state index in [9.17, 15) is 14.9 Å². The summed E-state index contributed by atoms with van der Waals surface area (Å²) in [5, 5.41) is 11.0. The third-order valence-corrected chi connectivity index (χ3v) is 5.81. The van der Waals surface area contributed by atoms with Crippen molar-refractivity contribution in [3.8, 4) is 6.07 Å². The van der Waals surface area contributed by atoms with Crippen LogP contribution in [-0.2, 0) is 14.3 Å². The van der Waals surface area contributed by atoms with Crippen molar-refractivity contribution in [2.24, 2.45) is 11.3 Å². The van der Waals surface area contributed by atoms with Crippen LogP contribution in [0, 0.1) is 22.7 Å². The number of halogens is 1. The van der Waals surface area contributed by atoms with Crippen molar-refractivity contribution in [2.45, 2.75) is 25.7 Å². The number of esters is 1. The van der Waals surface area contributed by atoms with E-state index in [1.54, 1.807) is 19.1 Å². The van der Waals surface area contributed by atoms with E-state index in [1.807, 2.05) is 55.5 Å². The molecule has 0 aromatic heterocycles. The highest BCUT2D eigenvalue weighted by Gasteiger charge is 2.59. The zero-order valence-corrected chi connectivity index (χ0v) is 17.1. The molecule has 148 valence electrons. The van der Waals surface area contributed by atoms with Gasteiger partial charge >= 0.3 is 5.97 Å². The van der Waals surface area contributed by atoms with Gasteiger partial charge in [-0.25, -0.2) is 0 Å². The summed E-state index contributed by atoms with van der Waals surface area (Å²) in [6, 6.07) is 18.6. The van der Waals surface area contributed by atoms with Gasteiger partial charge in [-0.1, -0.05) is 67.1 Å². The van der Waals surface area contributed by atoms with Crippen molar-refractivity contribution in [3.05, 3.63) is 82.4 Å². The molecule has 0 saturated carbocycles. The molecule has 4 atom stereocenters. The standard InChI is InChI=1S/C24H22ClNO3/c1-3-29-23(28)24(15-26)21(18-9-11-20(25)12-10-18)16(2)13-19(14-27)22(24)17-7-5-4-6-8-17/h4-14,16,21-22H,3H2,1-2H3/t16-,21-,22+,24+/m0/s1. The number of ether oxygens (including phenoxy) is 1. The van der Waals surface area contributed by atoms with E-state index in [4.69, 9.17) is 16.3 Å². The quantitative estimate of drug-likeness (QED) is 0.513.